The number of carbonyl (C=O) groups is 2. The van der Waals surface area contributed by atoms with Gasteiger partial charge in [-0.05, 0) is 18.9 Å². The molecule has 1 aliphatic heterocycles. The molecule has 0 spiro atoms. The van der Waals surface area contributed by atoms with Crippen LogP contribution >= 0.6 is 0 Å². The van der Waals surface area contributed by atoms with Crippen LogP contribution in [0.2, 0.25) is 0 Å². The third-order valence-corrected chi connectivity index (χ3v) is 2.80. The molecule has 0 N–H and O–H groups in total. The Hall–Kier alpha value is -1.90. The highest BCUT2D eigenvalue weighted by atomic mass is 16.2. The van der Waals surface area contributed by atoms with E-state index in [9.17, 15) is 9.59 Å². The van der Waals surface area contributed by atoms with Gasteiger partial charge in [-0.15, -0.1) is 0 Å². The number of amides is 1. The van der Waals surface area contributed by atoms with Gasteiger partial charge in [0.15, 0.2) is 5.78 Å². The highest BCUT2D eigenvalue weighted by molar-refractivity contribution is 5.90. The summed E-state index contributed by atoms with van der Waals surface area (Å²) >= 11 is 0. The van der Waals surface area contributed by atoms with Crippen LogP contribution in [0.25, 0.3) is 0 Å². The molecule has 3 nitrogen and oxygen atoms in total. The molecule has 1 aromatic rings. The smallest absolute Gasteiger partial charge is 0.227 e. The average molecular weight is 229 g/mol. The van der Waals surface area contributed by atoms with Gasteiger partial charge in [0.2, 0.25) is 5.91 Å². The van der Waals surface area contributed by atoms with Crippen LogP contribution < -0.4 is 0 Å². The molecule has 0 radical (unpaired) electrons. The Kier molecular flexibility index (Phi) is 3.38. The number of ketones is 1. The largest absolute Gasteiger partial charge is 0.312 e. The van der Waals surface area contributed by atoms with Gasteiger partial charge >= 0.3 is 0 Å². The number of allylic oxidation sites excluding steroid dienone is 2. The van der Waals surface area contributed by atoms with Crippen molar-refractivity contribution in [1.29, 1.82) is 0 Å². The number of rotatable bonds is 3. The molecule has 3 heteroatoms. The number of nitrogens with zero attached hydrogens (tertiary/aromatic N) is 1. The Bertz CT molecular complexity index is 462. The lowest BCUT2D eigenvalue weighted by atomic mass is 10.2. The van der Waals surface area contributed by atoms with Crippen molar-refractivity contribution in [2.45, 2.75) is 26.3 Å². The fraction of sp³-hybridized carbons (Fsp3) is 0.286. The number of benzene rings is 1. The molecule has 17 heavy (non-hydrogen) atoms. The van der Waals surface area contributed by atoms with E-state index in [1.807, 2.05) is 30.3 Å². The van der Waals surface area contributed by atoms with Gasteiger partial charge in [-0.1, -0.05) is 30.3 Å². The number of carbonyl (C=O) groups excluding carboxylic acids is 2. The first-order valence-corrected chi connectivity index (χ1v) is 5.72. The van der Waals surface area contributed by atoms with E-state index in [0.717, 1.165) is 11.3 Å². The second-order valence-electron chi connectivity index (χ2n) is 4.21. The summed E-state index contributed by atoms with van der Waals surface area (Å²) in [5, 5.41) is 0. The molecule has 0 bridgehead atoms. The Morgan fingerprint density at radius 1 is 1.29 bits per heavy atom. The maximum absolute atomic E-state index is 11.7. The second-order valence-corrected chi connectivity index (χ2v) is 4.21. The number of hydrogen-bond acceptors (Lipinski definition) is 2. The summed E-state index contributed by atoms with van der Waals surface area (Å²) in [5.41, 5.74) is 1.92. The first-order valence-electron chi connectivity index (χ1n) is 5.72. The fourth-order valence-corrected chi connectivity index (χ4v) is 2.01. The lowest BCUT2D eigenvalue weighted by Gasteiger charge is -2.17. The lowest BCUT2D eigenvalue weighted by Crippen LogP contribution is -2.23. The molecule has 1 aliphatic rings. The van der Waals surface area contributed by atoms with Crippen molar-refractivity contribution in [3.63, 3.8) is 0 Å². The van der Waals surface area contributed by atoms with Crippen LogP contribution in [0, 0.1) is 0 Å². The predicted molar refractivity (Wildman–Crippen MR) is 65.0 cm³/mol. The van der Waals surface area contributed by atoms with E-state index in [4.69, 9.17) is 0 Å². The van der Waals surface area contributed by atoms with E-state index in [-0.39, 0.29) is 11.7 Å². The standard InChI is InChI=1S/C14H15NO2/c1-11(16)9-13-7-8-14(17)15(13)10-12-5-3-2-4-6-12/h2-6,9H,7-8,10H2,1H3/b13-9+. The zero-order valence-corrected chi connectivity index (χ0v) is 9.85. The third-order valence-electron chi connectivity index (χ3n) is 2.80. The maximum Gasteiger partial charge on any atom is 0.227 e. The van der Waals surface area contributed by atoms with Crippen LogP contribution in [0.1, 0.15) is 25.3 Å². The van der Waals surface area contributed by atoms with Gasteiger partial charge in [-0.25, -0.2) is 0 Å². The molecular weight excluding hydrogens is 214 g/mol. The van der Waals surface area contributed by atoms with E-state index in [1.54, 1.807) is 11.0 Å². The van der Waals surface area contributed by atoms with Crippen LogP contribution in [0.15, 0.2) is 42.1 Å². The van der Waals surface area contributed by atoms with E-state index >= 15 is 0 Å². The highest BCUT2D eigenvalue weighted by Gasteiger charge is 2.25. The molecule has 1 fully saturated rings. The van der Waals surface area contributed by atoms with Gasteiger partial charge in [-0.2, -0.15) is 0 Å². The van der Waals surface area contributed by atoms with Crippen LogP contribution in [0.5, 0.6) is 0 Å². The zero-order chi connectivity index (χ0) is 12.3. The Balaban J connectivity index is 2.18. The topological polar surface area (TPSA) is 37.4 Å². The van der Waals surface area contributed by atoms with Gasteiger partial charge in [0.05, 0.1) is 6.54 Å². The molecule has 1 saturated heterocycles. The number of likely N-dealkylation sites (tertiary alicyclic amines) is 1. The minimum absolute atomic E-state index is 0.00670. The Morgan fingerprint density at radius 2 is 2.00 bits per heavy atom. The molecule has 1 amide bonds. The van der Waals surface area contributed by atoms with E-state index in [2.05, 4.69) is 0 Å². The second kappa shape index (κ2) is 4.95. The predicted octanol–water partition coefficient (Wildman–Crippen LogP) is 2.28. The van der Waals surface area contributed by atoms with Gasteiger partial charge in [-0.3, -0.25) is 9.59 Å². The van der Waals surface area contributed by atoms with Gasteiger partial charge < -0.3 is 4.90 Å². The first-order chi connectivity index (χ1) is 8.16. The van der Waals surface area contributed by atoms with Crippen LogP contribution in [-0.4, -0.2) is 16.6 Å². The Labute approximate surface area is 101 Å². The first kappa shape index (κ1) is 11.6. The van der Waals surface area contributed by atoms with Crippen molar-refractivity contribution in [2.24, 2.45) is 0 Å². The summed E-state index contributed by atoms with van der Waals surface area (Å²) in [6.07, 6.45) is 2.74. The van der Waals surface area contributed by atoms with E-state index in [1.165, 1.54) is 6.92 Å². The molecule has 0 unspecified atom stereocenters. The van der Waals surface area contributed by atoms with E-state index < -0.39 is 0 Å². The summed E-state index contributed by atoms with van der Waals surface area (Å²) in [6, 6.07) is 9.81. The minimum atomic E-state index is -0.00670. The highest BCUT2D eigenvalue weighted by Crippen LogP contribution is 2.24. The molecule has 1 aromatic carbocycles. The number of hydrogen-bond donors (Lipinski definition) is 0. The van der Waals surface area contributed by atoms with Gasteiger partial charge in [0.25, 0.3) is 0 Å². The average Bonchev–Trinajstić information content (AvgIpc) is 2.62. The minimum Gasteiger partial charge on any atom is -0.312 e. The molecule has 88 valence electrons. The van der Waals surface area contributed by atoms with Crippen molar-refractivity contribution in [2.75, 3.05) is 0 Å². The maximum atomic E-state index is 11.7. The van der Waals surface area contributed by atoms with Crippen molar-refractivity contribution >= 4 is 11.7 Å². The molecule has 0 aliphatic carbocycles. The molecular formula is C14H15NO2. The quantitative estimate of drug-likeness (QED) is 0.746. The van der Waals surface area contributed by atoms with Crippen LogP contribution in [-0.2, 0) is 16.1 Å². The molecule has 1 heterocycles. The fourth-order valence-electron chi connectivity index (χ4n) is 2.01. The Morgan fingerprint density at radius 3 is 2.65 bits per heavy atom. The molecule has 0 aromatic heterocycles. The van der Waals surface area contributed by atoms with Crippen LogP contribution in [0.4, 0.5) is 0 Å². The summed E-state index contributed by atoms with van der Waals surface area (Å²) in [5.74, 6) is 0.0918. The van der Waals surface area contributed by atoms with Crippen molar-refractivity contribution in [1.82, 2.24) is 4.90 Å². The van der Waals surface area contributed by atoms with Gasteiger partial charge in [0, 0.05) is 18.2 Å². The SMILES string of the molecule is CC(=O)/C=C1\CCC(=O)N1Cc1ccccc1. The molecule has 0 saturated carbocycles. The molecule has 2 rings (SSSR count). The van der Waals surface area contributed by atoms with Gasteiger partial charge in [0.1, 0.15) is 0 Å². The van der Waals surface area contributed by atoms with Crippen molar-refractivity contribution in [3.8, 4) is 0 Å². The lowest BCUT2D eigenvalue weighted by molar-refractivity contribution is -0.127. The summed E-state index contributed by atoms with van der Waals surface area (Å²) < 4.78 is 0. The summed E-state index contributed by atoms with van der Waals surface area (Å²) in [7, 11) is 0. The monoisotopic (exact) mass is 229 g/mol. The van der Waals surface area contributed by atoms with Crippen LogP contribution in [0.3, 0.4) is 0 Å². The molecule has 0 atom stereocenters. The van der Waals surface area contributed by atoms with E-state index in [0.29, 0.717) is 19.4 Å². The zero-order valence-electron chi connectivity index (χ0n) is 9.85. The summed E-state index contributed by atoms with van der Waals surface area (Å²) in [6.45, 7) is 2.06. The van der Waals surface area contributed by atoms with Crippen molar-refractivity contribution < 1.29 is 9.59 Å². The third kappa shape index (κ3) is 2.81. The normalized spacial score (nSPS) is 17.8. The summed E-state index contributed by atoms with van der Waals surface area (Å²) in [4.78, 5) is 24.5. The van der Waals surface area contributed by atoms with Crippen molar-refractivity contribution in [3.05, 3.63) is 47.7 Å².